The number of anilines is 1. The van der Waals surface area contributed by atoms with Crippen molar-refractivity contribution in [1.82, 2.24) is 4.57 Å². The molecule has 1 amide bonds. The molecule has 2 aliphatic rings. The minimum absolute atomic E-state index is 0.0184. The van der Waals surface area contributed by atoms with Crippen LogP contribution in [0.2, 0.25) is 0 Å². The van der Waals surface area contributed by atoms with Gasteiger partial charge in [0.2, 0.25) is 0 Å². The minimum Gasteiger partial charge on any atom is -0.491 e. The van der Waals surface area contributed by atoms with Crippen LogP contribution in [0.3, 0.4) is 0 Å². The third kappa shape index (κ3) is 4.90. The van der Waals surface area contributed by atoms with Gasteiger partial charge in [-0.15, -0.1) is 0 Å². The summed E-state index contributed by atoms with van der Waals surface area (Å²) in [5.74, 6) is -0.274. The van der Waals surface area contributed by atoms with E-state index in [1.54, 1.807) is 13.0 Å². The summed E-state index contributed by atoms with van der Waals surface area (Å²) in [4.78, 5) is 46.4. The van der Waals surface area contributed by atoms with Crippen LogP contribution in [0, 0.1) is 0 Å². The fourth-order valence-electron chi connectivity index (χ4n) is 5.17. The number of nitrogens with zero attached hydrogens (tertiary/aromatic N) is 2. The lowest BCUT2D eigenvalue weighted by Gasteiger charge is -2.26. The lowest BCUT2D eigenvalue weighted by atomic mass is 9.93. The van der Waals surface area contributed by atoms with Crippen molar-refractivity contribution in [2.45, 2.75) is 32.9 Å². The second kappa shape index (κ2) is 11.2. The molecular weight excluding hydrogens is 618 g/mol. The van der Waals surface area contributed by atoms with Gasteiger partial charge in [0.15, 0.2) is 4.80 Å². The number of nitrogens with one attached hydrogen (secondary N) is 1. The molecule has 3 heterocycles. The number of carbonyl (C=O) groups excluding carboxylic acids is 2. The van der Waals surface area contributed by atoms with E-state index < -0.39 is 17.6 Å². The van der Waals surface area contributed by atoms with Crippen molar-refractivity contribution in [2.75, 3.05) is 11.9 Å². The third-order valence-corrected chi connectivity index (χ3v) is 8.42. The Hall–Kier alpha value is -4.28. The molecule has 212 valence electrons. The summed E-state index contributed by atoms with van der Waals surface area (Å²) >= 11 is 4.60. The summed E-state index contributed by atoms with van der Waals surface area (Å²) in [5, 5.41) is 2.86. The summed E-state index contributed by atoms with van der Waals surface area (Å²) in [7, 11) is 0. The molecule has 0 saturated carbocycles. The molecule has 4 aromatic rings. The summed E-state index contributed by atoms with van der Waals surface area (Å²) in [6.45, 7) is 5.77. The second-order valence-electron chi connectivity index (χ2n) is 10.0. The quantitative estimate of drug-likeness (QED) is 0.304. The molecule has 6 rings (SSSR count). The molecule has 0 radical (unpaired) electrons. The number of rotatable bonds is 6. The van der Waals surface area contributed by atoms with Crippen LogP contribution in [0.4, 0.5) is 5.69 Å². The van der Waals surface area contributed by atoms with E-state index in [-0.39, 0.29) is 34.3 Å². The van der Waals surface area contributed by atoms with Gasteiger partial charge < -0.3 is 14.8 Å². The van der Waals surface area contributed by atoms with Crippen LogP contribution in [0.5, 0.6) is 5.75 Å². The number of halogens is 1. The molecule has 0 saturated heterocycles. The Morgan fingerprint density at radius 3 is 2.50 bits per heavy atom. The molecule has 8 nitrogen and oxygen atoms in total. The van der Waals surface area contributed by atoms with Gasteiger partial charge in [0.25, 0.3) is 11.5 Å². The number of aromatic nitrogens is 1. The predicted molar refractivity (Wildman–Crippen MR) is 165 cm³/mol. The smallest absolute Gasteiger partial charge is 0.338 e. The molecule has 1 N–H and O–H groups in total. The van der Waals surface area contributed by atoms with E-state index >= 15 is 0 Å². The average molecular weight is 645 g/mol. The van der Waals surface area contributed by atoms with Crippen LogP contribution in [-0.2, 0) is 14.3 Å². The molecule has 1 aromatic heterocycles. The summed E-state index contributed by atoms with van der Waals surface area (Å²) in [5.41, 5.74) is 3.14. The van der Waals surface area contributed by atoms with Gasteiger partial charge in [0.1, 0.15) is 10.3 Å². The number of thiazole rings is 1. The van der Waals surface area contributed by atoms with Crippen LogP contribution < -0.4 is 24.9 Å². The predicted octanol–water partition coefficient (Wildman–Crippen LogP) is 4.81. The second-order valence-corrected chi connectivity index (χ2v) is 11.9. The van der Waals surface area contributed by atoms with Crippen molar-refractivity contribution < 1.29 is 19.1 Å². The highest BCUT2D eigenvalue weighted by Gasteiger charge is 2.36. The monoisotopic (exact) mass is 643 g/mol. The van der Waals surface area contributed by atoms with Crippen LogP contribution >= 0.6 is 27.3 Å². The van der Waals surface area contributed by atoms with Gasteiger partial charge in [-0.05, 0) is 56.7 Å². The standard InChI is InChI=1S/C32H26BrN3O5S/c1-4-40-31(39)25-26(18-8-6-5-7-9-18)35-32-36(27(25)19-10-13-21(14-11-19)41-17(2)3)30(38)28(42-32)24-22-16-20(33)12-15-23(22)34-29(24)37/h5-17,27H,4H2,1-3H3,(H,34,37)/b28-24+/t27-/m1/s1. The van der Waals surface area contributed by atoms with Gasteiger partial charge in [-0.1, -0.05) is 69.7 Å². The van der Waals surface area contributed by atoms with E-state index in [9.17, 15) is 14.4 Å². The van der Waals surface area contributed by atoms with E-state index in [2.05, 4.69) is 21.2 Å². The maximum absolute atomic E-state index is 14.3. The van der Waals surface area contributed by atoms with Gasteiger partial charge in [0.05, 0.1) is 35.6 Å². The van der Waals surface area contributed by atoms with Crippen LogP contribution in [0.25, 0.3) is 11.3 Å². The van der Waals surface area contributed by atoms with Gasteiger partial charge in [0, 0.05) is 21.3 Å². The normalized spacial score (nSPS) is 17.0. The number of ether oxygens (including phenoxy) is 2. The maximum atomic E-state index is 14.3. The minimum atomic E-state index is -0.857. The largest absolute Gasteiger partial charge is 0.491 e. The zero-order valence-electron chi connectivity index (χ0n) is 23.0. The molecule has 0 fully saturated rings. The number of hydrogen-bond donors (Lipinski definition) is 1. The SMILES string of the molecule is CCOC(=O)C1=C(c2ccccc2)N=c2s/c(=C3/C(=O)Nc4ccc(Br)cc43)c(=O)n2[C@@H]1c1ccc(OC(C)C)cc1. The first-order valence-electron chi connectivity index (χ1n) is 13.5. The molecule has 10 heteroatoms. The van der Waals surface area contributed by atoms with E-state index in [1.807, 2.05) is 80.6 Å². The van der Waals surface area contributed by atoms with Crippen LogP contribution in [0.15, 0.2) is 92.6 Å². The number of benzene rings is 3. The zero-order valence-corrected chi connectivity index (χ0v) is 25.4. The van der Waals surface area contributed by atoms with Crippen molar-refractivity contribution in [3.63, 3.8) is 0 Å². The average Bonchev–Trinajstić information content (AvgIpc) is 3.47. The van der Waals surface area contributed by atoms with Gasteiger partial charge >= 0.3 is 5.97 Å². The van der Waals surface area contributed by atoms with Crippen molar-refractivity contribution >= 4 is 56.1 Å². The molecule has 0 aliphatic carbocycles. The Bertz CT molecular complexity index is 1940. The molecule has 0 unspecified atom stereocenters. The summed E-state index contributed by atoms with van der Waals surface area (Å²) in [6.07, 6.45) is -0.0184. The lowest BCUT2D eigenvalue weighted by Crippen LogP contribution is -2.40. The fourth-order valence-corrected chi connectivity index (χ4v) is 6.63. The van der Waals surface area contributed by atoms with Crippen molar-refractivity contribution in [3.05, 3.63) is 119 Å². The molecule has 0 bridgehead atoms. The molecule has 42 heavy (non-hydrogen) atoms. The Labute approximate surface area is 253 Å². The Morgan fingerprint density at radius 1 is 1.07 bits per heavy atom. The zero-order chi connectivity index (χ0) is 29.5. The number of esters is 1. The van der Waals surface area contributed by atoms with E-state index in [1.165, 1.54) is 4.57 Å². The molecule has 0 spiro atoms. The maximum Gasteiger partial charge on any atom is 0.338 e. The molecule has 2 aliphatic heterocycles. The first-order chi connectivity index (χ1) is 20.3. The van der Waals surface area contributed by atoms with Gasteiger partial charge in [-0.3, -0.25) is 14.2 Å². The number of hydrogen-bond acceptors (Lipinski definition) is 7. The Balaban J connectivity index is 1.67. The van der Waals surface area contributed by atoms with Gasteiger partial charge in [-0.2, -0.15) is 0 Å². The highest BCUT2D eigenvalue weighted by molar-refractivity contribution is 9.10. The van der Waals surface area contributed by atoms with E-state index in [4.69, 9.17) is 14.5 Å². The topological polar surface area (TPSA) is 99.0 Å². The highest BCUT2D eigenvalue weighted by Crippen LogP contribution is 2.36. The summed E-state index contributed by atoms with van der Waals surface area (Å²) in [6, 6.07) is 21.2. The van der Waals surface area contributed by atoms with Crippen LogP contribution in [0.1, 0.15) is 43.5 Å². The summed E-state index contributed by atoms with van der Waals surface area (Å²) < 4.78 is 13.9. The van der Waals surface area contributed by atoms with Crippen molar-refractivity contribution in [2.24, 2.45) is 4.99 Å². The van der Waals surface area contributed by atoms with Gasteiger partial charge in [-0.25, -0.2) is 9.79 Å². The number of fused-ring (bicyclic) bond motifs is 2. The van der Waals surface area contributed by atoms with Crippen LogP contribution in [-0.4, -0.2) is 29.2 Å². The van der Waals surface area contributed by atoms with Crippen molar-refractivity contribution in [1.29, 1.82) is 0 Å². The Morgan fingerprint density at radius 2 is 1.81 bits per heavy atom. The van der Waals surface area contributed by atoms with E-state index in [0.29, 0.717) is 38.6 Å². The number of amides is 1. The number of carbonyl (C=O) groups is 2. The highest BCUT2D eigenvalue weighted by atomic mass is 79.9. The van der Waals surface area contributed by atoms with Crippen molar-refractivity contribution in [3.8, 4) is 5.75 Å². The first-order valence-corrected chi connectivity index (χ1v) is 15.1. The fraction of sp³-hybridized carbons (Fsp3) is 0.188. The van der Waals surface area contributed by atoms with E-state index in [0.717, 1.165) is 15.8 Å². The molecular formula is C32H26BrN3O5S. The Kier molecular flexibility index (Phi) is 7.42. The molecule has 3 aromatic carbocycles. The third-order valence-electron chi connectivity index (χ3n) is 6.87. The lowest BCUT2D eigenvalue weighted by molar-refractivity contribution is -0.138. The first kappa shape index (κ1) is 27.9. The molecule has 1 atom stereocenters.